The molecule has 1 aliphatic heterocycles. The molecule has 2 aromatic carbocycles. The zero-order chi connectivity index (χ0) is 35.0. The van der Waals surface area contributed by atoms with E-state index in [-0.39, 0.29) is 65.8 Å². The standard InChI is InChI=1S/C35H34F3N5O7/c1-2-47-31-19(15-28(39)44)14-27(41-30(31)18-3-8-24-25(12-18)50-35(37,38)49-24)34(46,22-4-5-22)17-40-32(45)20-11-21-16-43(33(36)9-10-33)42-29(21)26(13-20)48-23-6-7-23/h3,8,11-14,16,22-23,46H,2,4-7,9-10,15,17H2,1H3,(H2,39,44)(H,40,45)/t34-/m1/s1. The number of carbonyl (C=O) groups excluding carboxylic acids is 2. The second kappa shape index (κ2) is 11.5. The number of nitrogens with zero attached hydrogens (tertiary/aromatic N) is 3. The molecule has 0 unspecified atom stereocenters. The number of rotatable bonds is 13. The lowest BCUT2D eigenvalue weighted by Crippen LogP contribution is -2.43. The van der Waals surface area contributed by atoms with Gasteiger partial charge in [0.25, 0.3) is 5.91 Å². The second-order valence-electron chi connectivity index (χ2n) is 13.4. The van der Waals surface area contributed by atoms with Crippen molar-refractivity contribution in [2.24, 2.45) is 11.7 Å². The molecule has 2 aromatic heterocycles. The summed E-state index contributed by atoms with van der Waals surface area (Å²) < 4.78 is 65.0. The van der Waals surface area contributed by atoms with Gasteiger partial charge in [-0.3, -0.25) is 9.59 Å². The van der Waals surface area contributed by atoms with Gasteiger partial charge in [0.2, 0.25) is 11.7 Å². The fourth-order valence-corrected chi connectivity index (χ4v) is 6.27. The summed E-state index contributed by atoms with van der Waals surface area (Å²) in [6.07, 6.45) is 1.18. The molecule has 2 amide bonds. The van der Waals surface area contributed by atoms with Gasteiger partial charge in [-0.25, -0.2) is 14.1 Å². The largest absolute Gasteiger partial charge is 0.586 e. The van der Waals surface area contributed by atoms with Crippen molar-refractivity contribution in [3.8, 4) is 34.3 Å². The first-order valence-electron chi connectivity index (χ1n) is 16.6. The highest BCUT2D eigenvalue weighted by Crippen LogP contribution is 2.49. The number of hydrogen-bond acceptors (Lipinski definition) is 9. The summed E-state index contributed by atoms with van der Waals surface area (Å²) in [7, 11) is 0. The molecule has 15 heteroatoms. The normalized spacial score (nSPS) is 19.5. The quantitative estimate of drug-likeness (QED) is 0.178. The molecule has 3 saturated carbocycles. The number of nitrogens with one attached hydrogen (secondary N) is 1. The minimum atomic E-state index is -3.84. The van der Waals surface area contributed by atoms with Gasteiger partial charge in [-0.2, -0.15) is 5.10 Å². The third-order valence-electron chi connectivity index (χ3n) is 9.32. The number of carbonyl (C=O) groups is 2. The van der Waals surface area contributed by atoms with E-state index in [9.17, 15) is 27.9 Å². The topological polar surface area (TPSA) is 160 Å². The Hall–Kier alpha value is -5.05. The molecule has 0 bridgehead atoms. The van der Waals surface area contributed by atoms with Crippen molar-refractivity contribution in [1.29, 1.82) is 0 Å². The van der Waals surface area contributed by atoms with Gasteiger partial charge < -0.3 is 35.1 Å². The van der Waals surface area contributed by atoms with Crippen LogP contribution in [0.2, 0.25) is 0 Å². The number of halogens is 3. The number of amides is 2. The van der Waals surface area contributed by atoms with Crippen molar-refractivity contribution in [2.75, 3.05) is 13.2 Å². The molecule has 8 rings (SSSR count). The Bertz CT molecular complexity index is 2040. The van der Waals surface area contributed by atoms with Crippen molar-refractivity contribution in [1.82, 2.24) is 20.1 Å². The van der Waals surface area contributed by atoms with Crippen molar-refractivity contribution < 1.29 is 46.8 Å². The third kappa shape index (κ3) is 6.03. The van der Waals surface area contributed by atoms with E-state index in [1.807, 2.05) is 0 Å². The van der Waals surface area contributed by atoms with Crippen molar-refractivity contribution in [2.45, 2.75) is 75.7 Å². The van der Waals surface area contributed by atoms with Gasteiger partial charge in [0.1, 0.15) is 28.3 Å². The molecule has 12 nitrogen and oxygen atoms in total. The van der Waals surface area contributed by atoms with E-state index in [1.165, 1.54) is 28.9 Å². The Balaban J connectivity index is 1.14. The highest BCUT2D eigenvalue weighted by atomic mass is 19.3. The highest BCUT2D eigenvalue weighted by Gasteiger charge is 2.48. The van der Waals surface area contributed by atoms with E-state index in [4.69, 9.17) is 20.2 Å². The molecule has 3 heterocycles. The minimum absolute atomic E-state index is 0.00217. The molecule has 4 aromatic rings. The molecule has 4 aliphatic rings. The number of nitrogens with two attached hydrogens (primary N) is 1. The Morgan fingerprint density at radius 2 is 1.86 bits per heavy atom. The molecule has 3 aliphatic carbocycles. The molecular weight excluding hydrogens is 659 g/mol. The van der Waals surface area contributed by atoms with Gasteiger partial charge in [0, 0.05) is 41.1 Å². The molecule has 0 saturated heterocycles. The van der Waals surface area contributed by atoms with Crippen molar-refractivity contribution in [3.63, 3.8) is 0 Å². The first-order chi connectivity index (χ1) is 23.8. The van der Waals surface area contributed by atoms with Crippen LogP contribution in [0.4, 0.5) is 13.2 Å². The van der Waals surface area contributed by atoms with E-state index in [0.717, 1.165) is 12.8 Å². The zero-order valence-electron chi connectivity index (χ0n) is 27.0. The lowest BCUT2D eigenvalue weighted by Gasteiger charge is -2.30. The van der Waals surface area contributed by atoms with E-state index in [2.05, 4.69) is 19.9 Å². The molecule has 0 spiro atoms. The number of primary amides is 1. The summed E-state index contributed by atoms with van der Waals surface area (Å²) in [4.78, 5) is 30.7. The minimum Gasteiger partial charge on any atom is -0.491 e. The van der Waals surface area contributed by atoms with Gasteiger partial charge in [-0.05, 0) is 74.9 Å². The summed E-state index contributed by atoms with van der Waals surface area (Å²) in [5, 5.41) is 20.1. The first-order valence-corrected chi connectivity index (χ1v) is 16.6. The molecule has 3 fully saturated rings. The fourth-order valence-electron chi connectivity index (χ4n) is 6.27. The zero-order valence-corrected chi connectivity index (χ0v) is 27.0. The number of aliphatic hydroxyl groups is 1. The predicted octanol–water partition coefficient (Wildman–Crippen LogP) is 4.83. The number of aromatic nitrogens is 3. The number of ether oxygens (including phenoxy) is 4. The number of pyridine rings is 1. The summed E-state index contributed by atoms with van der Waals surface area (Å²) in [6.45, 7) is 1.64. The molecule has 50 heavy (non-hydrogen) atoms. The monoisotopic (exact) mass is 693 g/mol. The van der Waals surface area contributed by atoms with Gasteiger partial charge in [0.05, 0.1) is 31.4 Å². The van der Waals surface area contributed by atoms with E-state index in [1.54, 1.807) is 25.3 Å². The van der Waals surface area contributed by atoms with Crippen LogP contribution in [0, 0.1) is 5.92 Å². The summed E-state index contributed by atoms with van der Waals surface area (Å²) in [5.41, 5.74) is 5.48. The lowest BCUT2D eigenvalue weighted by atomic mass is 9.90. The number of hydrogen-bond donors (Lipinski definition) is 3. The van der Waals surface area contributed by atoms with Gasteiger partial charge in [-0.15, -0.1) is 8.78 Å². The van der Waals surface area contributed by atoms with Crippen LogP contribution in [-0.4, -0.2) is 57.2 Å². The van der Waals surface area contributed by atoms with Crippen LogP contribution in [-0.2, 0) is 22.6 Å². The second-order valence-corrected chi connectivity index (χ2v) is 13.4. The maximum atomic E-state index is 14.9. The predicted molar refractivity (Wildman–Crippen MR) is 171 cm³/mol. The van der Waals surface area contributed by atoms with Crippen molar-refractivity contribution in [3.05, 3.63) is 59.4 Å². The summed E-state index contributed by atoms with van der Waals surface area (Å²) in [5.74, 6) is -2.86. The maximum absolute atomic E-state index is 14.9. The van der Waals surface area contributed by atoms with Gasteiger partial charge in [0.15, 0.2) is 11.5 Å². The number of alkyl halides is 3. The lowest BCUT2D eigenvalue weighted by molar-refractivity contribution is -0.286. The van der Waals surface area contributed by atoms with Gasteiger partial charge in [-0.1, -0.05) is 0 Å². The summed E-state index contributed by atoms with van der Waals surface area (Å²) in [6, 6.07) is 8.80. The highest BCUT2D eigenvalue weighted by molar-refractivity contribution is 6.00. The number of benzene rings is 2. The SMILES string of the molecule is CCOc1c(CC(N)=O)cc([C@@](O)(CNC(=O)c2cc(OC3CC3)c3nn(C4(F)CC4)cc3c2)C2CC2)nc1-c1ccc2c(c1)OC(F)(F)O2. The average molecular weight is 694 g/mol. The fraction of sp³-hybridized carbons (Fsp3) is 0.429. The Labute approximate surface area is 283 Å². The average Bonchev–Trinajstić information content (AvgIpc) is 4.00. The molecule has 1 atom stereocenters. The van der Waals surface area contributed by atoms with Crippen molar-refractivity contribution >= 4 is 22.7 Å². The van der Waals surface area contributed by atoms with E-state index >= 15 is 0 Å². The van der Waals surface area contributed by atoms with Gasteiger partial charge >= 0.3 is 6.29 Å². The van der Waals surface area contributed by atoms with E-state index in [0.29, 0.717) is 53.5 Å². The first kappa shape index (κ1) is 32.2. The summed E-state index contributed by atoms with van der Waals surface area (Å²) >= 11 is 0. The molecule has 4 N–H and O–H groups in total. The van der Waals surface area contributed by atoms with Crippen LogP contribution >= 0.6 is 0 Å². The van der Waals surface area contributed by atoms with Crippen LogP contribution in [0.25, 0.3) is 22.2 Å². The van der Waals surface area contributed by atoms with Crippen LogP contribution in [0.5, 0.6) is 23.0 Å². The Morgan fingerprint density at radius 3 is 2.54 bits per heavy atom. The Kier molecular flexibility index (Phi) is 7.40. The smallest absolute Gasteiger partial charge is 0.491 e. The van der Waals surface area contributed by atoms with Crippen LogP contribution < -0.4 is 30.0 Å². The van der Waals surface area contributed by atoms with Crippen LogP contribution in [0.1, 0.15) is 67.1 Å². The molecule has 262 valence electrons. The molecular formula is C35H34F3N5O7. The van der Waals surface area contributed by atoms with Crippen LogP contribution in [0.3, 0.4) is 0 Å². The number of fused-ring (bicyclic) bond motifs is 2. The Morgan fingerprint density at radius 1 is 1.10 bits per heavy atom. The maximum Gasteiger partial charge on any atom is 0.586 e. The van der Waals surface area contributed by atoms with Crippen LogP contribution in [0.15, 0.2) is 42.6 Å². The third-order valence-corrected chi connectivity index (χ3v) is 9.32. The molecule has 0 radical (unpaired) electrons. The van der Waals surface area contributed by atoms with E-state index < -0.39 is 29.5 Å².